The maximum Gasteiger partial charge on any atom is 0.135 e. The van der Waals surface area contributed by atoms with E-state index in [1.165, 1.54) is 64.2 Å². The van der Waals surface area contributed by atoms with E-state index in [-0.39, 0.29) is 0 Å². The molecule has 0 aliphatic heterocycles. The van der Waals surface area contributed by atoms with Gasteiger partial charge in [0.2, 0.25) is 0 Å². The molecule has 12 aromatic rings. The molecule has 0 fully saturated rings. The average molecular weight is 759 g/mol. The molecule has 12 rings (SSSR count). The normalized spacial score (nSPS) is 11.8. The average Bonchev–Trinajstić information content (AvgIpc) is 3.97. The molecule has 3 nitrogen and oxygen atoms in total. The van der Waals surface area contributed by atoms with Crippen LogP contribution in [-0.2, 0) is 0 Å². The lowest BCUT2D eigenvalue weighted by molar-refractivity contribution is 0.669. The van der Waals surface area contributed by atoms with Gasteiger partial charge in [0.15, 0.2) is 0 Å². The largest absolute Gasteiger partial charge is 0.456 e. The minimum atomic E-state index is 0.871. The Balaban J connectivity index is 1.15. The first-order valence-electron chi connectivity index (χ1n) is 19.7. The van der Waals surface area contributed by atoms with Crippen LogP contribution < -0.4 is 4.90 Å². The molecule has 0 unspecified atom stereocenters. The number of anilines is 3. The topological polar surface area (TPSA) is 21.3 Å². The molecular formula is C54H34N2OS. The van der Waals surface area contributed by atoms with E-state index in [4.69, 9.17) is 4.42 Å². The van der Waals surface area contributed by atoms with Crippen molar-refractivity contribution in [2.75, 3.05) is 4.90 Å². The van der Waals surface area contributed by atoms with Crippen molar-refractivity contribution in [3.05, 3.63) is 206 Å². The van der Waals surface area contributed by atoms with Crippen molar-refractivity contribution in [1.82, 2.24) is 4.57 Å². The lowest BCUT2D eigenvalue weighted by Gasteiger charge is -2.27. The van der Waals surface area contributed by atoms with Crippen molar-refractivity contribution in [1.29, 1.82) is 0 Å². The number of hydrogen-bond donors (Lipinski definition) is 0. The molecule has 0 radical (unpaired) electrons. The highest BCUT2D eigenvalue weighted by atomic mass is 32.1. The van der Waals surface area contributed by atoms with Gasteiger partial charge in [0.25, 0.3) is 0 Å². The van der Waals surface area contributed by atoms with Crippen molar-refractivity contribution < 1.29 is 4.42 Å². The Bertz CT molecular complexity index is 3510. The SMILES string of the molecule is c1ccc(-c2ccc3oc4ccc(N(c5ccc6c(c5)c5ccccc5n6-c5ccccc5)c5ccc(-c6ccccc6)c6sc7ccccc7c56)cc4c3c2)cc1. The van der Waals surface area contributed by atoms with Gasteiger partial charge in [-0.1, -0.05) is 127 Å². The number of aromatic nitrogens is 1. The maximum absolute atomic E-state index is 6.50. The van der Waals surface area contributed by atoms with Crippen molar-refractivity contribution in [3.8, 4) is 27.9 Å². The van der Waals surface area contributed by atoms with Gasteiger partial charge in [-0.3, -0.25) is 0 Å². The van der Waals surface area contributed by atoms with Crippen molar-refractivity contribution >= 4 is 92.3 Å². The summed E-state index contributed by atoms with van der Waals surface area (Å²) >= 11 is 1.87. The van der Waals surface area contributed by atoms with E-state index in [0.717, 1.165) is 44.7 Å². The Morgan fingerprint density at radius 3 is 1.81 bits per heavy atom. The minimum absolute atomic E-state index is 0.871. The predicted molar refractivity (Wildman–Crippen MR) is 247 cm³/mol. The number of furan rings is 1. The molecule has 4 heteroatoms. The minimum Gasteiger partial charge on any atom is -0.456 e. The van der Waals surface area contributed by atoms with Gasteiger partial charge in [0.05, 0.1) is 16.7 Å². The number of hydrogen-bond acceptors (Lipinski definition) is 3. The summed E-state index contributed by atoms with van der Waals surface area (Å²) in [6, 6.07) is 74.4. The summed E-state index contributed by atoms with van der Waals surface area (Å²) in [4.78, 5) is 2.46. The molecule has 58 heavy (non-hydrogen) atoms. The second-order valence-corrected chi connectivity index (χ2v) is 15.9. The maximum atomic E-state index is 6.50. The standard InChI is InChI=1S/C54H34N2OS/c1-4-14-35(15-5-1)37-24-30-50-45(32-37)46-34-40(26-31-51(46)57-50)55(39-25-28-48-44(33-39)42-20-10-12-22-47(42)56(48)38-18-8-3-9-19-38)49-29-27-41(36-16-6-2-7-17-36)54-53(49)43-21-11-13-23-52(43)58-54/h1-34H. The monoisotopic (exact) mass is 758 g/mol. The van der Waals surface area contributed by atoms with Crippen LogP contribution in [0.1, 0.15) is 0 Å². The van der Waals surface area contributed by atoms with Crippen LogP contribution in [0.15, 0.2) is 211 Å². The molecule has 0 atom stereocenters. The summed E-state index contributed by atoms with van der Waals surface area (Å²) < 4.78 is 11.4. The van der Waals surface area contributed by atoms with Crippen LogP contribution in [0.5, 0.6) is 0 Å². The van der Waals surface area contributed by atoms with Crippen LogP contribution in [0.3, 0.4) is 0 Å². The van der Waals surface area contributed by atoms with Crippen molar-refractivity contribution in [2.24, 2.45) is 0 Å². The van der Waals surface area contributed by atoms with Crippen LogP contribution in [0.4, 0.5) is 17.1 Å². The molecule has 3 aromatic heterocycles. The first-order chi connectivity index (χ1) is 28.8. The lowest BCUT2D eigenvalue weighted by Crippen LogP contribution is -2.10. The Labute approximate surface area is 338 Å². The highest BCUT2D eigenvalue weighted by Crippen LogP contribution is 2.49. The van der Waals surface area contributed by atoms with E-state index in [1.54, 1.807) is 0 Å². The second kappa shape index (κ2) is 13.1. The number of benzene rings is 9. The molecule has 0 spiro atoms. The van der Waals surface area contributed by atoms with Gasteiger partial charge in [0.1, 0.15) is 11.2 Å². The zero-order valence-corrected chi connectivity index (χ0v) is 32.2. The fraction of sp³-hybridized carbons (Fsp3) is 0. The van der Waals surface area contributed by atoms with Gasteiger partial charge >= 0.3 is 0 Å². The summed E-state index contributed by atoms with van der Waals surface area (Å²) in [5.74, 6) is 0. The van der Waals surface area contributed by atoms with E-state index in [9.17, 15) is 0 Å². The number of para-hydroxylation sites is 2. The summed E-state index contributed by atoms with van der Waals surface area (Å²) in [7, 11) is 0. The molecule has 0 N–H and O–H groups in total. The molecule has 0 saturated carbocycles. The molecule has 0 aliphatic rings. The lowest BCUT2D eigenvalue weighted by atomic mass is 9.99. The summed E-state index contributed by atoms with van der Waals surface area (Å²) in [5, 5.41) is 7.12. The number of fused-ring (bicyclic) bond motifs is 9. The van der Waals surface area contributed by atoms with Crippen LogP contribution >= 0.6 is 11.3 Å². The van der Waals surface area contributed by atoms with Gasteiger partial charge in [0, 0.05) is 58.8 Å². The van der Waals surface area contributed by atoms with Crippen LogP contribution in [0, 0.1) is 0 Å². The van der Waals surface area contributed by atoms with E-state index < -0.39 is 0 Å². The third-order valence-electron chi connectivity index (χ3n) is 11.6. The van der Waals surface area contributed by atoms with Gasteiger partial charge in [-0.2, -0.15) is 0 Å². The van der Waals surface area contributed by atoms with Crippen LogP contribution in [0.25, 0.3) is 91.9 Å². The number of thiophene rings is 1. The number of nitrogens with zero attached hydrogens (tertiary/aromatic N) is 2. The Hall–Kier alpha value is -7.40. The molecule has 0 aliphatic carbocycles. The van der Waals surface area contributed by atoms with Crippen LogP contribution in [0.2, 0.25) is 0 Å². The Morgan fingerprint density at radius 1 is 0.414 bits per heavy atom. The first kappa shape index (κ1) is 32.8. The van der Waals surface area contributed by atoms with Gasteiger partial charge in [-0.15, -0.1) is 11.3 Å². The second-order valence-electron chi connectivity index (χ2n) is 14.9. The fourth-order valence-corrected chi connectivity index (χ4v) is 10.2. The van der Waals surface area contributed by atoms with Crippen molar-refractivity contribution in [3.63, 3.8) is 0 Å². The summed E-state index contributed by atoms with van der Waals surface area (Å²) in [6.45, 7) is 0. The number of rotatable bonds is 6. The highest BCUT2D eigenvalue weighted by Gasteiger charge is 2.23. The zero-order valence-electron chi connectivity index (χ0n) is 31.3. The summed E-state index contributed by atoms with van der Waals surface area (Å²) in [6.07, 6.45) is 0. The fourth-order valence-electron chi connectivity index (χ4n) is 8.94. The molecule has 9 aromatic carbocycles. The molecule has 272 valence electrons. The van der Waals surface area contributed by atoms with Gasteiger partial charge < -0.3 is 13.9 Å². The molecular weight excluding hydrogens is 725 g/mol. The Morgan fingerprint density at radius 2 is 1.02 bits per heavy atom. The third-order valence-corrected chi connectivity index (χ3v) is 12.8. The van der Waals surface area contributed by atoms with E-state index in [0.29, 0.717) is 0 Å². The Kier molecular flexibility index (Phi) is 7.40. The summed E-state index contributed by atoms with van der Waals surface area (Å²) in [5.41, 5.74) is 13.4. The van der Waals surface area contributed by atoms with Crippen LogP contribution in [-0.4, -0.2) is 4.57 Å². The van der Waals surface area contributed by atoms with Gasteiger partial charge in [-0.25, -0.2) is 0 Å². The smallest absolute Gasteiger partial charge is 0.135 e. The van der Waals surface area contributed by atoms with E-state index in [1.807, 2.05) is 11.3 Å². The van der Waals surface area contributed by atoms with Gasteiger partial charge in [-0.05, 0) is 101 Å². The predicted octanol–water partition coefficient (Wildman–Crippen LogP) is 15.9. The molecule has 0 saturated heterocycles. The van der Waals surface area contributed by atoms with E-state index in [2.05, 4.69) is 216 Å². The first-order valence-corrected chi connectivity index (χ1v) is 20.5. The quantitative estimate of drug-likeness (QED) is 0.168. The molecule has 0 bridgehead atoms. The zero-order chi connectivity index (χ0) is 38.2. The van der Waals surface area contributed by atoms with Crippen molar-refractivity contribution in [2.45, 2.75) is 0 Å². The third kappa shape index (κ3) is 5.12. The molecule has 3 heterocycles. The molecule has 0 amide bonds. The highest BCUT2D eigenvalue weighted by molar-refractivity contribution is 7.26. The van der Waals surface area contributed by atoms with E-state index >= 15 is 0 Å².